The Morgan fingerprint density at radius 2 is 1.52 bits per heavy atom. The van der Waals surface area contributed by atoms with Crippen molar-refractivity contribution >= 4 is 23.2 Å². The molecule has 0 aliphatic rings. The predicted octanol–water partition coefficient (Wildman–Crippen LogP) is 6.01. The molecular weight excluding hydrogens is 325 g/mol. The first kappa shape index (κ1) is 18.3. The normalized spacial score (nSPS) is 11.7. The molecule has 1 N–H and O–H groups in total. The van der Waals surface area contributed by atoms with Crippen LogP contribution in [-0.4, -0.2) is 6.54 Å². The van der Waals surface area contributed by atoms with E-state index in [9.17, 15) is 0 Å². The van der Waals surface area contributed by atoms with Gasteiger partial charge in [-0.2, -0.15) is 0 Å². The summed E-state index contributed by atoms with van der Waals surface area (Å²) in [6, 6.07) is 14.7. The summed E-state index contributed by atoms with van der Waals surface area (Å²) in [5.74, 6) is 0. The highest BCUT2D eigenvalue weighted by atomic mass is 35.5. The third-order valence-corrected chi connectivity index (χ3v) is 4.69. The van der Waals surface area contributed by atoms with Gasteiger partial charge in [0, 0.05) is 6.54 Å². The van der Waals surface area contributed by atoms with Crippen molar-refractivity contribution in [3.05, 3.63) is 69.2 Å². The fourth-order valence-corrected chi connectivity index (χ4v) is 2.79. The van der Waals surface area contributed by atoms with Crippen LogP contribution in [0, 0.1) is 0 Å². The Morgan fingerprint density at radius 3 is 2.13 bits per heavy atom. The van der Waals surface area contributed by atoms with E-state index in [4.69, 9.17) is 23.2 Å². The molecule has 0 atom stereocenters. The molecule has 0 fully saturated rings. The number of rotatable bonds is 6. The van der Waals surface area contributed by atoms with Crippen molar-refractivity contribution in [3.63, 3.8) is 0 Å². The summed E-state index contributed by atoms with van der Waals surface area (Å²) in [5, 5.41) is 4.75. The van der Waals surface area contributed by atoms with Gasteiger partial charge in [-0.3, -0.25) is 0 Å². The lowest BCUT2D eigenvalue weighted by atomic mass is 9.87. The monoisotopic (exact) mass is 349 g/mol. The van der Waals surface area contributed by atoms with Gasteiger partial charge in [0.15, 0.2) is 0 Å². The Morgan fingerprint density at radius 1 is 0.870 bits per heavy atom. The molecule has 0 amide bonds. The van der Waals surface area contributed by atoms with E-state index in [0.717, 1.165) is 25.9 Å². The van der Waals surface area contributed by atoms with Gasteiger partial charge in [0.25, 0.3) is 0 Å². The third-order valence-electron chi connectivity index (χ3n) is 3.95. The molecule has 3 heteroatoms. The summed E-state index contributed by atoms with van der Waals surface area (Å²) in [4.78, 5) is 0. The van der Waals surface area contributed by atoms with Gasteiger partial charge in [0.2, 0.25) is 0 Å². The van der Waals surface area contributed by atoms with Crippen molar-refractivity contribution in [2.24, 2.45) is 0 Å². The van der Waals surface area contributed by atoms with E-state index < -0.39 is 0 Å². The summed E-state index contributed by atoms with van der Waals surface area (Å²) in [6.07, 6.45) is 2.09. The maximum atomic E-state index is 6.03. The van der Waals surface area contributed by atoms with E-state index in [0.29, 0.717) is 10.0 Å². The van der Waals surface area contributed by atoms with Crippen molar-refractivity contribution in [2.75, 3.05) is 6.54 Å². The molecular formula is C20H25Cl2N. The maximum Gasteiger partial charge on any atom is 0.0595 e. The van der Waals surface area contributed by atoms with E-state index in [1.807, 2.05) is 18.2 Å². The minimum absolute atomic E-state index is 0.214. The number of nitrogens with one attached hydrogen (secondary N) is 1. The van der Waals surface area contributed by atoms with Crippen molar-refractivity contribution < 1.29 is 0 Å². The third kappa shape index (κ3) is 5.84. The van der Waals surface area contributed by atoms with E-state index in [-0.39, 0.29) is 5.41 Å². The zero-order valence-corrected chi connectivity index (χ0v) is 15.6. The first-order valence-electron chi connectivity index (χ1n) is 8.10. The lowest BCUT2D eigenvalue weighted by Gasteiger charge is -2.19. The van der Waals surface area contributed by atoms with Gasteiger partial charge < -0.3 is 5.32 Å². The Bertz CT molecular complexity index is 627. The molecule has 0 aliphatic carbocycles. The summed E-state index contributed by atoms with van der Waals surface area (Å²) < 4.78 is 0. The first-order valence-corrected chi connectivity index (χ1v) is 8.86. The molecule has 0 saturated heterocycles. The van der Waals surface area contributed by atoms with Crippen LogP contribution >= 0.6 is 23.2 Å². The lowest BCUT2D eigenvalue weighted by Crippen LogP contribution is -2.16. The number of hydrogen-bond donors (Lipinski definition) is 1. The molecule has 0 bridgehead atoms. The van der Waals surface area contributed by atoms with Gasteiger partial charge in [-0.05, 0) is 53.6 Å². The van der Waals surface area contributed by atoms with Gasteiger partial charge in [0.1, 0.15) is 0 Å². The van der Waals surface area contributed by atoms with Crippen LogP contribution in [-0.2, 0) is 18.4 Å². The maximum absolute atomic E-state index is 6.03. The summed E-state index contributed by atoms with van der Waals surface area (Å²) in [6.45, 7) is 8.61. The van der Waals surface area contributed by atoms with E-state index in [1.165, 1.54) is 16.7 Å². The highest BCUT2D eigenvalue weighted by molar-refractivity contribution is 6.42. The Labute approximate surface area is 150 Å². The molecule has 0 radical (unpaired) electrons. The second-order valence-electron chi connectivity index (χ2n) is 6.98. The average Bonchev–Trinajstić information content (AvgIpc) is 2.50. The van der Waals surface area contributed by atoms with Crippen LogP contribution in [0.5, 0.6) is 0 Å². The number of hydrogen-bond acceptors (Lipinski definition) is 1. The molecule has 0 heterocycles. The molecule has 0 aliphatic heterocycles. The zero-order chi connectivity index (χ0) is 16.9. The molecule has 1 nitrogen and oxygen atoms in total. The van der Waals surface area contributed by atoms with Crippen molar-refractivity contribution in [3.8, 4) is 0 Å². The molecule has 124 valence electrons. The first-order chi connectivity index (χ1) is 10.9. The smallest absolute Gasteiger partial charge is 0.0595 e. The fourth-order valence-electron chi connectivity index (χ4n) is 2.47. The topological polar surface area (TPSA) is 12.0 Å². The molecule has 0 aromatic heterocycles. The standard InChI is InChI=1S/C20H25Cl2N/c1-20(2,3)17-9-6-16(7-10-17)14-23-12-4-5-15-8-11-18(21)19(22)13-15/h6-11,13,23H,4-5,12,14H2,1-3H3. The SMILES string of the molecule is CC(C)(C)c1ccc(CNCCCc2ccc(Cl)c(Cl)c2)cc1. The van der Waals surface area contributed by atoms with Gasteiger partial charge >= 0.3 is 0 Å². The highest BCUT2D eigenvalue weighted by Gasteiger charge is 2.12. The van der Waals surface area contributed by atoms with E-state index in [1.54, 1.807) is 0 Å². The van der Waals surface area contributed by atoms with Gasteiger partial charge in [-0.15, -0.1) is 0 Å². The second-order valence-corrected chi connectivity index (χ2v) is 7.79. The van der Waals surface area contributed by atoms with Gasteiger partial charge in [-0.25, -0.2) is 0 Å². The average molecular weight is 350 g/mol. The van der Waals surface area contributed by atoms with Crippen molar-refractivity contribution in [2.45, 2.75) is 45.6 Å². The lowest BCUT2D eigenvalue weighted by molar-refractivity contribution is 0.589. The molecule has 2 rings (SSSR count). The van der Waals surface area contributed by atoms with Gasteiger partial charge in [-0.1, -0.05) is 74.3 Å². The number of aryl methyl sites for hydroxylation is 1. The Kier molecular flexibility index (Phi) is 6.52. The summed E-state index contributed by atoms with van der Waals surface area (Å²) >= 11 is 12.0. The molecule has 0 spiro atoms. The Balaban J connectivity index is 1.72. The minimum atomic E-state index is 0.214. The van der Waals surface area contributed by atoms with Crippen LogP contribution in [0.2, 0.25) is 10.0 Å². The van der Waals surface area contributed by atoms with Crippen LogP contribution in [0.3, 0.4) is 0 Å². The molecule has 0 unspecified atom stereocenters. The van der Waals surface area contributed by atoms with Crippen LogP contribution in [0.25, 0.3) is 0 Å². The van der Waals surface area contributed by atoms with Crippen LogP contribution in [0.4, 0.5) is 0 Å². The fraction of sp³-hybridized carbons (Fsp3) is 0.400. The van der Waals surface area contributed by atoms with Crippen molar-refractivity contribution in [1.82, 2.24) is 5.32 Å². The second kappa shape index (κ2) is 8.19. The summed E-state index contributed by atoms with van der Waals surface area (Å²) in [5.41, 5.74) is 4.15. The van der Waals surface area contributed by atoms with Crippen LogP contribution in [0.15, 0.2) is 42.5 Å². The van der Waals surface area contributed by atoms with Crippen LogP contribution in [0.1, 0.15) is 43.9 Å². The quantitative estimate of drug-likeness (QED) is 0.629. The molecule has 23 heavy (non-hydrogen) atoms. The highest BCUT2D eigenvalue weighted by Crippen LogP contribution is 2.23. The van der Waals surface area contributed by atoms with Crippen molar-refractivity contribution in [1.29, 1.82) is 0 Å². The van der Waals surface area contributed by atoms with Crippen LogP contribution < -0.4 is 5.32 Å². The molecule has 0 saturated carbocycles. The minimum Gasteiger partial charge on any atom is -0.313 e. The van der Waals surface area contributed by atoms with Gasteiger partial charge in [0.05, 0.1) is 10.0 Å². The number of halogens is 2. The van der Waals surface area contributed by atoms with E-state index in [2.05, 4.69) is 50.4 Å². The zero-order valence-electron chi connectivity index (χ0n) is 14.1. The summed E-state index contributed by atoms with van der Waals surface area (Å²) in [7, 11) is 0. The molecule has 2 aromatic rings. The number of benzene rings is 2. The largest absolute Gasteiger partial charge is 0.313 e. The van der Waals surface area contributed by atoms with E-state index >= 15 is 0 Å². The Hall–Kier alpha value is -1.02. The predicted molar refractivity (Wildman–Crippen MR) is 102 cm³/mol. The molecule has 2 aromatic carbocycles.